The van der Waals surface area contributed by atoms with Gasteiger partial charge < -0.3 is 0 Å². The van der Waals surface area contributed by atoms with Crippen LogP contribution in [0, 0.1) is 0 Å². The highest BCUT2D eigenvalue weighted by Gasteiger charge is 1.68. The molecule has 0 aliphatic carbocycles. The van der Waals surface area contributed by atoms with Gasteiger partial charge in [0, 0.05) is 0 Å². The second kappa shape index (κ2) is 4.27. The van der Waals surface area contributed by atoms with E-state index in [9.17, 15) is 0 Å². The average molecular weight is 83.1 g/mol. The first-order valence-corrected chi connectivity index (χ1v) is 3.77. The minimum atomic E-state index is 0.668. The monoisotopic (exact) mass is 83.0 g/mol. The molecular weight excluding hydrogens is 75.0 g/mol. The van der Waals surface area contributed by atoms with Crippen LogP contribution in [0.15, 0.2) is 12.7 Å². The van der Waals surface area contributed by atoms with Crippen LogP contribution in [0.5, 0.6) is 0 Å². The Hall–Kier alpha value is 0.272. The van der Waals surface area contributed by atoms with E-state index in [4.69, 9.17) is 0 Å². The summed E-state index contributed by atoms with van der Waals surface area (Å²) in [6.45, 7) is 3.57. The average Bonchev–Trinajstić information content (AvgIpc) is 1.41. The quantitative estimate of drug-likeness (QED) is 0.349. The molecule has 0 saturated carbocycles. The van der Waals surface area contributed by atoms with Gasteiger partial charge in [0.05, 0.1) is 0 Å². The molecule has 0 saturated heterocycles. The maximum Gasteiger partial charge on any atom is 0.201 e. The molecule has 0 unspecified atom stereocenters. The molecule has 1 heteroatoms. The number of hydrogen-bond donors (Lipinski definition) is 0. The Bertz CT molecular complexity index is 24.8. The largest absolute Gasteiger partial charge is 0.201 e. The van der Waals surface area contributed by atoms with Gasteiger partial charge in [0.2, 0.25) is 15.2 Å². The van der Waals surface area contributed by atoms with Crippen molar-refractivity contribution in [2.24, 2.45) is 0 Å². The van der Waals surface area contributed by atoms with Crippen molar-refractivity contribution in [3.8, 4) is 0 Å². The van der Waals surface area contributed by atoms with Gasteiger partial charge in [-0.05, 0) is 0 Å². The van der Waals surface area contributed by atoms with Crippen molar-refractivity contribution in [2.75, 3.05) is 0 Å². The van der Waals surface area contributed by atoms with Crippen LogP contribution in [0.1, 0.15) is 0 Å². The zero-order chi connectivity index (χ0) is 4.12. The lowest BCUT2D eigenvalue weighted by atomic mass is 10.8. The first kappa shape index (κ1) is 5.27. The summed E-state index contributed by atoms with van der Waals surface area (Å²) in [5.41, 5.74) is 0. The maximum absolute atomic E-state index is 3.57. The number of rotatable bonds is 2. The van der Waals surface area contributed by atoms with E-state index < -0.39 is 0 Å². The van der Waals surface area contributed by atoms with Crippen molar-refractivity contribution in [3.63, 3.8) is 0 Å². The standard InChI is InChI=1S/C3H5.CH3.Al/c1-3-2;;/h3H,1-2H2;1H3;. The SMILES string of the molecule is C=C[CH2][Al][CH3]. The first-order chi connectivity index (χ1) is 2.41. The molecule has 0 nitrogen and oxygen atoms in total. The Morgan fingerprint density at radius 2 is 2.60 bits per heavy atom. The number of allylic oxidation sites excluding steroid dienone is 1. The van der Waals surface area contributed by atoms with E-state index in [-0.39, 0.29) is 0 Å². The molecule has 0 atom stereocenters. The van der Waals surface area contributed by atoms with Gasteiger partial charge in [0.25, 0.3) is 0 Å². The van der Waals surface area contributed by atoms with Gasteiger partial charge in [-0.3, -0.25) is 0 Å². The van der Waals surface area contributed by atoms with Gasteiger partial charge in [-0.25, -0.2) is 0 Å². The molecule has 0 rings (SSSR count). The molecule has 27 valence electrons. The summed E-state index contributed by atoms with van der Waals surface area (Å²) < 4.78 is 0. The van der Waals surface area contributed by atoms with Crippen LogP contribution in [0.3, 0.4) is 0 Å². The Kier molecular flexibility index (Phi) is 4.51. The fourth-order valence-corrected chi connectivity index (χ4v) is 0.500. The van der Waals surface area contributed by atoms with Gasteiger partial charge in [0.15, 0.2) is 0 Å². The molecule has 0 aromatic rings. The lowest BCUT2D eigenvalue weighted by Crippen LogP contribution is -1.69. The van der Waals surface area contributed by atoms with Gasteiger partial charge >= 0.3 is 0 Å². The number of hydrogen-bond acceptors (Lipinski definition) is 0. The van der Waals surface area contributed by atoms with Crippen LogP contribution in [-0.4, -0.2) is 15.2 Å². The summed E-state index contributed by atoms with van der Waals surface area (Å²) in [5, 5.41) is 1.24. The summed E-state index contributed by atoms with van der Waals surface area (Å²) in [6.07, 6.45) is 1.97. The molecule has 0 fully saturated rings. The lowest BCUT2D eigenvalue weighted by Gasteiger charge is -1.68. The first-order valence-electron chi connectivity index (χ1n) is 1.80. The highest BCUT2D eigenvalue weighted by atomic mass is 27.1. The molecule has 0 aliphatic rings. The summed E-state index contributed by atoms with van der Waals surface area (Å²) in [5.74, 6) is 2.22. The van der Waals surface area contributed by atoms with E-state index in [0.717, 1.165) is 0 Å². The maximum atomic E-state index is 3.57. The predicted octanol–water partition coefficient (Wildman–Crippen LogP) is 1.34. The third-order valence-electron chi connectivity index (χ3n) is 0.402. The van der Waals surface area contributed by atoms with Crippen molar-refractivity contribution in [3.05, 3.63) is 12.7 Å². The van der Waals surface area contributed by atoms with Crippen LogP contribution in [0.2, 0.25) is 11.1 Å². The van der Waals surface area contributed by atoms with Crippen molar-refractivity contribution < 1.29 is 0 Å². The zero-order valence-corrected chi connectivity index (χ0v) is 4.72. The van der Waals surface area contributed by atoms with E-state index in [1.165, 1.54) is 5.28 Å². The molecule has 0 spiro atoms. The summed E-state index contributed by atoms with van der Waals surface area (Å²) in [7, 11) is 0. The molecule has 5 heavy (non-hydrogen) atoms. The molecule has 1 radical (unpaired) electrons. The van der Waals surface area contributed by atoms with Crippen molar-refractivity contribution in [1.29, 1.82) is 0 Å². The second-order valence-electron chi connectivity index (χ2n) is 0.933. The molecule has 0 amide bonds. The minimum absolute atomic E-state index is 0.668. The minimum Gasteiger partial charge on any atom is -0.114 e. The van der Waals surface area contributed by atoms with Crippen LogP contribution in [-0.2, 0) is 0 Å². The van der Waals surface area contributed by atoms with Crippen molar-refractivity contribution in [2.45, 2.75) is 11.1 Å². The highest BCUT2D eigenvalue weighted by molar-refractivity contribution is 6.34. The summed E-state index contributed by atoms with van der Waals surface area (Å²) in [6, 6.07) is 0. The molecule has 0 aromatic heterocycles. The second-order valence-corrected chi connectivity index (χ2v) is 2.22. The van der Waals surface area contributed by atoms with Crippen LogP contribution in [0.4, 0.5) is 0 Å². The molecular formula is C4H8Al. The Morgan fingerprint density at radius 1 is 2.00 bits per heavy atom. The molecule has 0 aromatic carbocycles. The molecule has 0 heterocycles. The highest BCUT2D eigenvalue weighted by Crippen LogP contribution is 1.72. The third kappa shape index (κ3) is 4.27. The Balaban J connectivity index is 2.40. The van der Waals surface area contributed by atoms with Gasteiger partial charge in [-0.15, -0.1) is 18.4 Å². The van der Waals surface area contributed by atoms with E-state index in [2.05, 4.69) is 12.4 Å². The Labute approximate surface area is 39.6 Å². The predicted molar refractivity (Wildman–Crippen MR) is 26.6 cm³/mol. The summed E-state index contributed by atoms with van der Waals surface area (Å²) >= 11 is 0.668. The zero-order valence-electron chi connectivity index (χ0n) is 3.57. The lowest BCUT2D eigenvalue weighted by molar-refractivity contribution is 1.71. The van der Waals surface area contributed by atoms with E-state index in [0.29, 0.717) is 15.2 Å². The van der Waals surface area contributed by atoms with E-state index in [1.54, 1.807) is 0 Å². The fourth-order valence-electron chi connectivity index (χ4n) is 0.167. The van der Waals surface area contributed by atoms with E-state index in [1.807, 2.05) is 6.08 Å². The van der Waals surface area contributed by atoms with Crippen molar-refractivity contribution in [1.82, 2.24) is 0 Å². The normalized spacial score (nSPS) is 6.60. The molecule has 0 bridgehead atoms. The van der Waals surface area contributed by atoms with Crippen LogP contribution < -0.4 is 0 Å². The fraction of sp³-hybridized carbons (Fsp3) is 0.500. The Morgan fingerprint density at radius 3 is 2.60 bits per heavy atom. The van der Waals surface area contributed by atoms with Crippen LogP contribution >= 0.6 is 0 Å². The topological polar surface area (TPSA) is 0 Å². The molecule has 0 N–H and O–H groups in total. The van der Waals surface area contributed by atoms with Gasteiger partial charge in [0.1, 0.15) is 0 Å². The van der Waals surface area contributed by atoms with Gasteiger partial charge in [-0.2, -0.15) is 0 Å². The molecule has 0 aliphatic heterocycles. The third-order valence-corrected chi connectivity index (χ3v) is 1.21. The van der Waals surface area contributed by atoms with Gasteiger partial charge in [-0.1, -0.05) is 5.28 Å². The smallest absolute Gasteiger partial charge is 0.114 e. The van der Waals surface area contributed by atoms with E-state index >= 15 is 0 Å². The van der Waals surface area contributed by atoms with Crippen molar-refractivity contribution >= 4 is 15.2 Å². The summed E-state index contributed by atoms with van der Waals surface area (Å²) in [4.78, 5) is 0. The van der Waals surface area contributed by atoms with Crippen LogP contribution in [0.25, 0.3) is 0 Å².